The zero-order valence-electron chi connectivity index (χ0n) is 13.5. The second-order valence-corrected chi connectivity index (χ2v) is 7.11. The third-order valence-corrected chi connectivity index (χ3v) is 5.25. The van der Waals surface area contributed by atoms with Gasteiger partial charge in [-0.05, 0) is 11.4 Å². The largest absolute Gasteiger partial charge is 0.394 e. The average Bonchev–Trinajstić information content (AvgIpc) is 3.29. The van der Waals surface area contributed by atoms with E-state index in [4.69, 9.17) is 10.5 Å². The van der Waals surface area contributed by atoms with E-state index in [-0.39, 0.29) is 17.1 Å². The summed E-state index contributed by atoms with van der Waals surface area (Å²) in [5.74, 6) is -0.0723. The van der Waals surface area contributed by atoms with Gasteiger partial charge in [0.2, 0.25) is 11.7 Å². The SMILES string of the molecule is Nc1nc2c(c(=O)[nH]1)n(Cc1cccs1)c[n+]2[C@@H]1O[C@H](CO)[C@@H](O)[C@H]1O. The van der Waals surface area contributed by atoms with Crippen LogP contribution in [-0.4, -0.2) is 54.8 Å². The third-order valence-electron chi connectivity index (χ3n) is 4.39. The molecule has 1 fully saturated rings. The molecule has 1 aliphatic rings. The lowest BCUT2D eigenvalue weighted by atomic mass is 10.1. The van der Waals surface area contributed by atoms with Gasteiger partial charge in [0.15, 0.2) is 6.33 Å². The standard InChI is InChI=1S/C15H17N5O5S/c16-15-17-12-9(13(24)18-15)19(4-7-2-1-3-26-7)6-20(12)14-11(23)10(22)8(5-21)25-14/h1-3,6,8,10-11,14,21-23H,4-5H2,(H2-,16,17,18,24)/p+1/t8-,10-,11-,14-/m1/s1. The maximum absolute atomic E-state index is 12.4. The second-order valence-electron chi connectivity index (χ2n) is 6.08. The van der Waals surface area contributed by atoms with Crippen molar-refractivity contribution in [3.05, 3.63) is 39.1 Å². The Bertz CT molecular complexity index is 984. The molecule has 138 valence electrons. The highest BCUT2D eigenvalue weighted by atomic mass is 32.1. The molecule has 1 aliphatic heterocycles. The van der Waals surface area contributed by atoms with E-state index in [9.17, 15) is 20.1 Å². The van der Waals surface area contributed by atoms with E-state index in [0.717, 1.165) is 4.88 Å². The van der Waals surface area contributed by atoms with Crippen molar-refractivity contribution in [1.82, 2.24) is 14.5 Å². The Hall–Kier alpha value is -2.31. The van der Waals surface area contributed by atoms with Gasteiger partial charge in [-0.2, -0.15) is 0 Å². The summed E-state index contributed by atoms with van der Waals surface area (Å²) in [6, 6.07) is 3.85. The van der Waals surface area contributed by atoms with Crippen molar-refractivity contribution >= 4 is 28.4 Å². The van der Waals surface area contributed by atoms with Crippen LogP contribution in [0.1, 0.15) is 11.1 Å². The van der Waals surface area contributed by atoms with Crippen molar-refractivity contribution in [2.45, 2.75) is 31.1 Å². The number of nitrogens with zero attached hydrogens (tertiary/aromatic N) is 3. The molecule has 3 aromatic heterocycles. The molecule has 3 aromatic rings. The quantitative estimate of drug-likeness (QED) is 0.339. The average molecular weight is 380 g/mol. The first-order valence-electron chi connectivity index (χ1n) is 7.94. The minimum atomic E-state index is -1.29. The Balaban J connectivity index is 1.86. The molecule has 0 aromatic carbocycles. The van der Waals surface area contributed by atoms with Gasteiger partial charge in [-0.1, -0.05) is 11.1 Å². The van der Waals surface area contributed by atoms with Crippen LogP contribution >= 0.6 is 11.3 Å². The normalized spacial score (nSPS) is 26.0. The molecular formula is C15H18N5O5S+. The number of H-pyrrole nitrogens is 1. The number of hydrogen-bond donors (Lipinski definition) is 5. The number of ether oxygens (including phenoxy) is 1. The molecule has 4 rings (SSSR count). The van der Waals surface area contributed by atoms with Crippen LogP contribution in [0.4, 0.5) is 5.95 Å². The van der Waals surface area contributed by atoms with Gasteiger partial charge in [-0.15, -0.1) is 11.3 Å². The summed E-state index contributed by atoms with van der Waals surface area (Å²) in [6.45, 7) is -0.0239. The van der Waals surface area contributed by atoms with Gasteiger partial charge in [0.25, 0.3) is 11.5 Å². The van der Waals surface area contributed by atoms with E-state index >= 15 is 0 Å². The molecular weight excluding hydrogens is 362 g/mol. The van der Waals surface area contributed by atoms with E-state index in [0.29, 0.717) is 6.54 Å². The highest BCUT2D eigenvalue weighted by molar-refractivity contribution is 7.09. The highest BCUT2D eigenvalue weighted by Gasteiger charge is 2.46. The molecule has 1 saturated heterocycles. The van der Waals surface area contributed by atoms with Crippen molar-refractivity contribution in [1.29, 1.82) is 0 Å². The minimum Gasteiger partial charge on any atom is -0.394 e. The number of aromatic amines is 1. The van der Waals surface area contributed by atoms with Crippen LogP contribution in [0.5, 0.6) is 0 Å². The number of hydrogen-bond acceptors (Lipinski definition) is 8. The Labute approximate surface area is 150 Å². The van der Waals surface area contributed by atoms with Crippen LogP contribution in [0.2, 0.25) is 0 Å². The highest BCUT2D eigenvalue weighted by Crippen LogP contribution is 2.26. The summed E-state index contributed by atoms with van der Waals surface area (Å²) in [7, 11) is 0. The molecule has 4 heterocycles. The summed E-state index contributed by atoms with van der Waals surface area (Å²) in [5.41, 5.74) is 5.74. The summed E-state index contributed by atoms with van der Waals surface area (Å²) >= 11 is 1.54. The fourth-order valence-electron chi connectivity index (χ4n) is 3.16. The van der Waals surface area contributed by atoms with Gasteiger partial charge < -0.3 is 25.8 Å². The monoisotopic (exact) mass is 380 g/mol. The lowest BCUT2D eigenvalue weighted by molar-refractivity contribution is -0.746. The van der Waals surface area contributed by atoms with Gasteiger partial charge in [0.05, 0.1) is 6.61 Å². The first-order chi connectivity index (χ1) is 12.5. The molecule has 11 heteroatoms. The molecule has 4 atom stereocenters. The molecule has 6 N–H and O–H groups in total. The van der Waals surface area contributed by atoms with Crippen LogP contribution in [0.15, 0.2) is 28.6 Å². The number of aliphatic hydroxyl groups is 3. The zero-order chi connectivity index (χ0) is 18.4. The van der Waals surface area contributed by atoms with Crippen molar-refractivity contribution in [2.75, 3.05) is 12.3 Å². The number of imidazole rings is 1. The Morgan fingerprint density at radius 2 is 2.23 bits per heavy atom. The van der Waals surface area contributed by atoms with Gasteiger partial charge >= 0.3 is 5.65 Å². The topological polar surface area (TPSA) is 150 Å². The van der Waals surface area contributed by atoms with E-state index in [2.05, 4.69) is 9.97 Å². The number of anilines is 1. The number of rotatable bonds is 4. The number of aliphatic hydroxyl groups excluding tert-OH is 3. The summed E-state index contributed by atoms with van der Waals surface area (Å²) < 4.78 is 8.70. The van der Waals surface area contributed by atoms with E-state index in [1.165, 1.54) is 4.57 Å². The summed E-state index contributed by atoms with van der Waals surface area (Å²) in [6.07, 6.45) is -2.90. The molecule has 26 heavy (non-hydrogen) atoms. The molecule has 0 aliphatic carbocycles. The lowest BCUT2D eigenvalue weighted by Crippen LogP contribution is -2.46. The van der Waals surface area contributed by atoms with E-state index in [1.807, 2.05) is 17.5 Å². The van der Waals surface area contributed by atoms with Crippen LogP contribution in [-0.2, 0) is 11.3 Å². The van der Waals surface area contributed by atoms with E-state index < -0.39 is 36.7 Å². The fraction of sp³-hybridized carbons (Fsp3) is 0.400. The predicted molar refractivity (Wildman–Crippen MR) is 91.4 cm³/mol. The molecule has 0 amide bonds. The van der Waals surface area contributed by atoms with Crippen LogP contribution in [0.3, 0.4) is 0 Å². The smallest absolute Gasteiger partial charge is 0.313 e. The van der Waals surface area contributed by atoms with Crippen LogP contribution in [0.25, 0.3) is 11.2 Å². The summed E-state index contributed by atoms with van der Waals surface area (Å²) in [4.78, 5) is 20.1. The number of nitrogen functional groups attached to an aromatic ring is 1. The zero-order valence-corrected chi connectivity index (χ0v) is 14.3. The molecule has 0 spiro atoms. The molecule has 10 nitrogen and oxygen atoms in total. The van der Waals surface area contributed by atoms with Gasteiger partial charge in [0.1, 0.15) is 24.9 Å². The van der Waals surface area contributed by atoms with Crippen molar-refractivity contribution < 1.29 is 24.6 Å². The fourth-order valence-corrected chi connectivity index (χ4v) is 3.86. The molecule has 0 radical (unpaired) electrons. The Kier molecular flexibility index (Phi) is 4.25. The first-order valence-corrected chi connectivity index (χ1v) is 8.82. The number of nitrogens with two attached hydrogens (primary N) is 1. The Morgan fingerprint density at radius 3 is 2.88 bits per heavy atom. The molecule has 0 bridgehead atoms. The van der Waals surface area contributed by atoms with Crippen molar-refractivity contribution in [3.8, 4) is 0 Å². The number of thiophene rings is 1. The summed E-state index contributed by atoms with van der Waals surface area (Å²) in [5, 5.41) is 31.6. The van der Waals surface area contributed by atoms with Gasteiger partial charge in [-0.25, -0.2) is 4.57 Å². The van der Waals surface area contributed by atoms with Crippen LogP contribution in [0, 0.1) is 0 Å². The molecule has 0 saturated carbocycles. The maximum Gasteiger partial charge on any atom is 0.313 e. The van der Waals surface area contributed by atoms with Crippen LogP contribution < -0.4 is 15.9 Å². The van der Waals surface area contributed by atoms with Gasteiger partial charge in [0, 0.05) is 4.88 Å². The lowest BCUT2D eigenvalue weighted by Gasteiger charge is -2.12. The first kappa shape index (κ1) is 17.1. The number of fused-ring (bicyclic) bond motifs is 1. The molecule has 0 unspecified atom stereocenters. The number of nitrogens with one attached hydrogen (secondary N) is 1. The minimum absolute atomic E-state index is 0.0723. The van der Waals surface area contributed by atoms with E-state index in [1.54, 1.807) is 22.2 Å². The third kappa shape index (κ3) is 2.70. The van der Waals surface area contributed by atoms with Crippen molar-refractivity contribution in [2.24, 2.45) is 0 Å². The number of aromatic nitrogens is 4. The Morgan fingerprint density at radius 1 is 1.42 bits per heavy atom. The van der Waals surface area contributed by atoms with Crippen molar-refractivity contribution in [3.63, 3.8) is 0 Å². The predicted octanol–water partition coefficient (Wildman–Crippen LogP) is -1.68. The maximum atomic E-state index is 12.4. The van der Waals surface area contributed by atoms with Gasteiger partial charge in [-0.3, -0.25) is 14.3 Å². The second kappa shape index (κ2) is 6.45.